The average Bonchev–Trinajstić information content (AvgIpc) is 2.60. The quantitative estimate of drug-likeness (QED) is 0.806. The van der Waals surface area contributed by atoms with Crippen LogP contribution in [0.3, 0.4) is 0 Å². The van der Waals surface area contributed by atoms with Gasteiger partial charge in [0.05, 0.1) is 7.11 Å². The third-order valence-electron chi connectivity index (χ3n) is 3.77. The Kier molecular flexibility index (Phi) is 6.67. The number of benzene rings is 2. The number of nitrogens with one attached hydrogen (secondary N) is 1. The van der Waals surface area contributed by atoms with Crippen LogP contribution in [0.4, 0.5) is 0 Å². The summed E-state index contributed by atoms with van der Waals surface area (Å²) < 4.78 is 10.9. The van der Waals surface area contributed by atoms with E-state index in [1.54, 1.807) is 7.11 Å². The van der Waals surface area contributed by atoms with Crippen LogP contribution in [0.15, 0.2) is 48.5 Å². The number of para-hydroxylation sites is 1. The summed E-state index contributed by atoms with van der Waals surface area (Å²) in [6.45, 7) is 4.82. The maximum absolute atomic E-state index is 12.0. The van der Waals surface area contributed by atoms with Gasteiger partial charge in [-0.2, -0.15) is 0 Å². The van der Waals surface area contributed by atoms with Crippen molar-refractivity contribution in [1.82, 2.24) is 5.32 Å². The Morgan fingerprint density at radius 1 is 1.12 bits per heavy atom. The van der Waals surface area contributed by atoms with Crippen LogP contribution >= 0.6 is 0 Å². The van der Waals surface area contributed by atoms with Crippen LogP contribution in [0, 0.1) is 0 Å². The summed E-state index contributed by atoms with van der Waals surface area (Å²) in [5.74, 6) is 1.84. The SMILES string of the molecule is COc1cccc(CCNC(=O)COc2ccccc2C(C)C)c1. The van der Waals surface area contributed by atoms with Crippen molar-refractivity contribution in [3.05, 3.63) is 59.7 Å². The molecule has 0 bridgehead atoms. The largest absolute Gasteiger partial charge is 0.497 e. The van der Waals surface area contributed by atoms with Crippen LogP contribution in [-0.2, 0) is 11.2 Å². The number of methoxy groups -OCH3 is 1. The van der Waals surface area contributed by atoms with Gasteiger partial charge in [0.15, 0.2) is 6.61 Å². The summed E-state index contributed by atoms with van der Waals surface area (Å²) in [7, 11) is 1.65. The summed E-state index contributed by atoms with van der Waals surface area (Å²) in [6, 6.07) is 15.7. The third kappa shape index (κ3) is 5.30. The molecule has 1 N–H and O–H groups in total. The fraction of sp³-hybridized carbons (Fsp3) is 0.350. The first-order valence-electron chi connectivity index (χ1n) is 8.21. The van der Waals surface area contributed by atoms with Crippen molar-refractivity contribution in [1.29, 1.82) is 0 Å². The molecule has 0 radical (unpaired) electrons. The van der Waals surface area contributed by atoms with Crippen molar-refractivity contribution < 1.29 is 14.3 Å². The molecule has 4 nitrogen and oxygen atoms in total. The molecule has 0 aliphatic carbocycles. The Balaban J connectivity index is 1.78. The lowest BCUT2D eigenvalue weighted by molar-refractivity contribution is -0.123. The van der Waals surface area contributed by atoms with E-state index in [1.807, 2.05) is 48.5 Å². The van der Waals surface area contributed by atoms with E-state index >= 15 is 0 Å². The molecule has 2 rings (SSSR count). The van der Waals surface area contributed by atoms with Gasteiger partial charge < -0.3 is 14.8 Å². The molecule has 1 amide bonds. The van der Waals surface area contributed by atoms with Gasteiger partial charge in [-0.1, -0.05) is 44.2 Å². The van der Waals surface area contributed by atoms with Crippen LogP contribution in [0.25, 0.3) is 0 Å². The molecule has 0 heterocycles. The van der Waals surface area contributed by atoms with E-state index < -0.39 is 0 Å². The zero-order valence-corrected chi connectivity index (χ0v) is 14.5. The lowest BCUT2D eigenvalue weighted by Crippen LogP contribution is -2.30. The molecule has 0 atom stereocenters. The fourth-order valence-corrected chi connectivity index (χ4v) is 2.46. The minimum atomic E-state index is -0.114. The number of carbonyl (C=O) groups is 1. The average molecular weight is 327 g/mol. The summed E-state index contributed by atoms with van der Waals surface area (Å²) in [4.78, 5) is 12.0. The first kappa shape index (κ1) is 17.9. The highest BCUT2D eigenvalue weighted by atomic mass is 16.5. The second-order valence-corrected chi connectivity index (χ2v) is 5.93. The van der Waals surface area contributed by atoms with Gasteiger partial charge in [-0.05, 0) is 41.7 Å². The van der Waals surface area contributed by atoms with Gasteiger partial charge in [0.1, 0.15) is 11.5 Å². The van der Waals surface area contributed by atoms with E-state index in [-0.39, 0.29) is 12.5 Å². The van der Waals surface area contributed by atoms with Crippen molar-refractivity contribution in [3.8, 4) is 11.5 Å². The predicted molar refractivity (Wildman–Crippen MR) is 95.7 cm³/mol. The molecule has 0 fully saturated rings. The zero-order chi connectivity index (χ0) is 17.4. The molecule has 0 aliphatic heterocycles. The molecule has 2 aromatic rings. The van der Waals surface area contributed by atoms with Crippen LogP contribution in [0.5, 0.6) is 11.5 Å². The molecule has 4 heteroatoms. The van der Waals surface area contributed by atoms with E-state index in [2.05, 4.69) is 19.2 Å². The van der Waals surface area contributed by atoms with Crippen molar-refractivity contribution in [3.63, 3.8) is 0 Å². The number of carbonyl (C=O) groups excluding carboxylic acids is 1. The molecule has 0 aromatic heterocycles. The smallest absolute Gasteiger partial charge is 0.257 e. The molecular weight excluding hydrogens is 302 g/mol. The standard InChI is InChI=1S/C20H25NO3/c1-15(2)18-9-4-5-10-19(18)24-14-20(22)21-12-11-16-7-6-8-17(13-16)23-3/h4-10,13,15H,11-12,14H2,1-3H3,(H,21,22). The van der Waals surface area contributed by atoms with Gasteiger partial charge in [0.2, 0.25) is 0 Å². The highest BCUT2D eigenvalue weighted by Gasteiger charge is 2.09. The molecule has 0 aliphatic rings. The van der Waals surface area contributed by atoms with Crippen LogP contribution in [0.1, 0.15) is 30.9 Å². The summed E-state index contributed by atoms with van der Waals surface area (Å²) >= 11 is 0. The normalized spacial score (nSPS) is 10.5. The number of amides is 1. The number of hydrogen-bond donors (Lipinski definition) is 1. The molecule has 0 unspecified atom stereocenters. The summed E-state index contributed by atoms with van der Waals surface area (Å²) in [5.41, 5.74) is 2.24. The maximum Gasteiger partial charge on any atom is 0.257 e. The minimum absolute atomic E-state index is 0.0296. The first-order valence-corrected chi connectivity index (χ1v) is 8.21. The van der Waals surface area contributed by atoms with Crippen LogP contribution < -0.4 is 14.8 Å². The van der Waals surface area contributed by atoms with Crippen molar-refractivity contribution in [2.24, 2.45) is 0 Å². The fourth-order valence-electron chi connectivity index (χ4n) is 2.46. The second kappa shape index (κ2) is 8.96. The molecular formula is C20H25NO3. The van der Waals surface area contributed by atoms with Gasteiger partial charge in [-0.3, -0.25) is 4.79 Å². The third-order valence-corrected chi connectivity index (χ3v) is 3.77. The number of hydrogen-bond acceptors (Lipinski definition) is 3. The Morgan fingerprint density at radius 3 is 2.67 bits per heavy atom. The van der Waals surface area contributed by atoms with Crippen molar-refractivity contribution >= 4 is 5.91 Å². The van der Waals surface area contributed by atoms with Gasteiger partial charge in [-0.25, -0.2) is 0 Å². The number of ether oxygens (including phenoxy) is 2. The number of rotatable bonds is 8. The van der Waals surface area contributed by atoms with E-state index in [1.165, 1.54) is 0 Å². The molecule has 0 saturated carbocycles. The second-order valence-electron chi connectivity index (χ2n) is 5.93. The van der Waals surface area contributed by atoms with Crippen LogP contribution in [-0.4, -0.2) is 26.2 Å². The monoisotopic (exact) mass is 327 g/mol. The topological polar surface area (TPSA) is 47.6 Å². The van der Waals surface area contributed by atoms with Crippen LogP contribution in [0.2, 0.25) is 0 Å². The molecule has 0 saturated heterocycles. The van der Waals surface area contributed by atoms with E-state index in [0.29, 0.717) is 12.5 Å². The molecule has 2 aromatic carbocycles. The minimum Gasteiger partial charge on any atom is -0.497 e. The first-order chi connectivity index (χ1) is 11.6. The zero-order valence-electron chi connectivity index (χ0n) is 14.5. The Hall–Kier alpha value is -2.49. The van der Waals surface area contributed by atoms with Gasteiger partial charge >= 0.3 is 0 Å². The predicted octanol–water partition coefficient (Wildman–Crippen LogP) is 3.56. The van der Waals surface area contributed by atoms with Gasteiger partial charge in [0.25, 0.3) is 5.91 Å². The Bertz CT molecular complexity index is 667. The highest BCUT2D eigenvalue weighted by Crippen LogP contribution is 2.25. The van der Waals surface area contributed by atoms with Crippen molar-refractivity contribution in [2.45, 2.75) is 26.2 Å². The molecule has 0 spiro atoms. The summed E-state index contributed by atoms with van der Waals surface area (Å²) in [6.07, 6.45) is 0.755. The Labute approximate surface area is 143 Å². The molecule has 128 valence electrons. The van der Waals surface area contributed by atoms with E-state index in [9.17, 15) is 4.79 Å². The summed E-state index contributed by atoms with van der Waals surface area (Å²) in [5, 5.41) is 2.88. The van der Waals surface area contributed by atoms with E-state index in [0.717, 1.165) is 29.0 Å². The maximum atomic E-state index is 12.0. The molecule has 24 heavy (non-hydrogen) atoms. The highest BCUT2D eigenvalue weighted by molar-refractivity contribution is 5.77. The van der Waals surface area contributed by atoms with Gasteiger partial charge in [0, 0.05) is 6.54 Å². The Morgan fingerprint density at radius 2 is 1.92 bits per heavy atom. The lowest BCUT2D eigenvalue weighted by Gasteiger charge is -2.13. The van der Waals surface area contributed by atoms with Gasteiger partial charge in [-0.15, -0.1) is 0 Å². The van der Waals surface area contributed by atoms with E-state index in [4.69, 9.17) is 9.47 Å². The van der Waals surface area contributed by atoms with Crippen molar-refractivity contribution in [2.75, 3.05) is 20.3 Å². The lowest BCUT2D eigenvalue weighted by atomic mass is 10.0.